The number of hydrogen-bond acceptors (Lipinski definition) is 4. The van der Waals surface area contributed by atoms with Crippen LogP contribution in [0, 0.1) is 0 Å². The number of aromatic nitrogens is 1. The number of carbonyl (C=O) groups excluding carboxylic acids is 1. The van der Waals surface area contributed by atoms with Gasteiger partial charge in [0.1, 0.15) is 5.82 Å². The number of hydrogen-bond donors (Lipinski definition) is 1. The SMILES string of the molecule is O=C(O)c1cccc(C(=O)N2CCN(c3ccccn3)CC2)c1. The van der Waals surface area contributed by atoms with Crippen LogP contribution in [0.1, 0.15) is 20.7 Å². The number of carboxylic acids is 1. The topological polar surface area (TPSA) is 73.7 Å². The van der Waals surface area contributed by atoms with E-state index in [0.29, 0.717) is 31.7 Å². The molecule has 0 saturated carbocycles. The Kier molecular flexibility index (Phi) is 4.23. The van der Waals surface area contributed by atoms with Crippen molar-refractivity contribution in [3.8, 4) is 0 Å². The van der Waals surface area contributed by atoms with Crippen LogP contribution in [0.2, 0.25) is 0 Å². The molecule has 0 unspecified atom stereocenters. The number of benzene rings is 1. The maximum absolute atomic E-state index is 12.5. The summed E-state index contributed by atoms with van der Waals surface area (Å²) >= 11 is 0. The third kappa shape index (κ3) is 3.31. The highest BCUT2D eigenvalue weighted by Gasteiger charge is 2.23. The number of aromatic carboxylic acids is 1. The number of anilines is 1. The third-order valence-corrected chi connectivity index (χ3v) is 3.90. The number of amides is 1. The summed E-state index contributed by atoms with van der Waals surface area (Å²) < 4.78 is 0. The summed E-state index contributed by atoms with van der Waals surface area (Å²) in [6, 6.07) is 11.9. The Labute approximate surface area is 134 Å². The highest BCUT2D eigenvalue weighted by atomic mass is 16.4. The Morgan fingerprint density at radius 3 is 2.35 bits per heavy atom. The van der Waals surface area contributed by atoms with Gasteiger partial charge in [0.25, 0.3) is 5.91 Å². The normalized spacial score (nSPS) is 14.6. The van der Waals surface area contributed by atoms with E-state index >= 15 is 0 Å². The minimum Gasteiger partial charge on any atom is -0.478 e. The van der Waals surface area contributed by atoms with E-state index in [-0.39, 0.29) is 11.5 Å². The molecule has 1 aliphatic heterocycles. The van der Waals surface area contributed by atoms with Gasteiger partial charge in [-0.25, -0.2) is 9.78 Å². The molecule has 1 amide bonds. The largest absolute Gasteiger partial charge is 0.478 e. The summed E-state index contributed by atoms with van der Waals surface area (Å²) in [6.45, 7) is 2.60. The lowest BCUT2D eigenvalue weighted by atomic mass is 10.1. The lowest BCUT2D eigenvalue weighted by Crippen LogP contribution is -2.49. The molecule has 1 N–H and O–H groups in total. The first kappa shape index (κ1) is 15.0. The first-order valence-electron chi connectivity index (χ1n) is 7.44. The fraction of sp³-hybridized carbons (Fsp3) is 0.235. The van der Waals surface area contributed by atoms with Crippen molar-refractivity contribution in [2.45, 2.75) is 0 Å². The molecule has 1 fully saturated rings. The monoisotopic (exact) mass is 311 g/mol. The van der Waals surface area contributed by atoms with Gasteiger partial charge in [-0.05, 0) is 30.3 Å². The van der Waals surface area contributed by atoms with Gasteiger partial charge >= 0.3 is 5.97 Å². The van der Waals surface area contributed by atoms with Crippen molar-refractivity contribution < 1.29 is 14.7 Å². The maximum Gasteiger partial charge on any atom is 0.335 e. The van der Waals surface area contributed by atoms with Crippen LogP contribution in [-0.4, -0.2) is 53.0 Å². The third-order valence-electron chi connectivity index (χ3n) is 3.90. The molecule has 3 rings (SSSR count). The summed E-state index contributed by atoms with van der Waals surface area (Å²) in [5.41, 5.74) is 0.541. The van der Waals surface area contributed by atoms with E-state index in [1.807, 2.05) is 18.2 Å². The van der Waals surface area contributed by atoms with Crippen LogP contribution in [-0.2, 0) is 0 Å². The number of rotatable bonds is 3. The Balaban J connectivity index is 1.66. The van der Waals surface area contributed by atoms with Gasteiger partial charge in [0, 0.05) is 37.9 Å². The summed E-state index contributed by atoms with van der Waals surface area (Å²) in [5.74, 6) is -0.249. The van der Waals surface area contributed by atoms with Gasteiger partial charge < -0.3 is 14.9 Å². The molecule has 6 nitrogen and oxygen atoms in total. The summed E-state index contributed by atoms with van der Waals surface area (Å²) in [5, 5.41) is 9.02. The quantitative estimate of drug-likeness (QED) is 0.934. The molecule has 23 heavy (non-hydrogen) atoms. The smallest absolute Gasteiger partial charge is 0.335 e. The van der Waals surface area contributed by atoms with Crippen LogP contribution in [0.4, 0.5) is 5.82 Å². The zero-order valence-corrected chi connectivity index (χ0v) is 12.6. The molecule has 0 aliphatic carbocycles. The first-order valence-corrected chi connectivity index (χ1v) is 7.44. The van der Waals surface area contributed by atoms with E-state index in [1.54, 1.807) is 23.2 Å². The molecular formula is C17H17N3O3. The summed E-state index contributed by atoms with van der Waals surface area (Å²) in [4.78, 5) is 31.7. The van der Waals surface area contributed by atoms with Crippen molar-refractivity contribution in [2.24, 2.45) is 0 Å². The average molecular weight is 311 g/mol. The van der Waals surface area contributed by atoms with E-state index in [4.69, 9.17) is 5.11 Å². The number of pyridine rings is 1. The van der Waals surface area contributed by atoms with Gasteiger partial charge in [0.2, 0.25) is 0 Å². The summed E-state index contributed by atoms with van der Waals surface area (Å²) in [7, 11) is 0. The van der Waals surface area contributed by atoms with Gasteiger partial charge in [-0.2, -0.15) is 0 Å². The minimum absolute atomic E-state index is 0.128. The van der Waals surface area contributed by atoms with Crippen molar-refractivity contribution in [2.75, 3.05) is 31.1 Å². The van der Waals surface area contributed by atoms with Crippen molar-refractivity contribution in [1.82, 2.24) is 9.88 Å². The molecule has 0 radical (unpaired) electrons. The standard InChI is InChI=1S/C17H17N3O3/c21-16(13-4-3-5-14(12-13)17(22)23)20-10-8-19(9-11-20)15-6-1-2-7-18-15/h1-7,12H,8-11H2,(H,22,23). The predicted octanol–water partition coefficient (Wildman–Crippen LogP) is 1.74. The van der Waals surface area contributed by atoms with Crippen LogP contribution in [0.15, 0.2) is 48.7 Å². The lowest BCUT2D eigenvalue weighted by Gasteiger charge is -2.35. The Morgan fingerprint density at radius 2 is 1.70 bits per heavy atom. The van der Waals surface area contributed by atoms with Crippen molar-refractivity contribution in [3.05, 3.63) is 59.8 Å². The zero-order valence-electron chi connectivity index (χ0n) is 12.6. The number of nitrogens with zero attached hydrogens (tertiary/aromatic N) is 3. The Morgan fingerprint density at radius 1 is 0.957 bits per heavy atom. The fourth-order valence-corrected chi connectivity index (χ4v) is 2.65. The van der Waals surface area contributed by atoms with E-state index in [2.05, 4.69) is 9.88 Å². The van der Waals surface area contributed by atoms with Crippen LogP contribution >= 0.6 is 0 Å². The van der Waals surface area contributed by atoms with E-state index < -0.39 is 5.97 Å². The molecule has 2 aromatic rings. The fourth-order valence-electron chi connectivity index (χ4n) is 2.65. The molecule has 1 aliphatic rings. The van der Waals surface area contributed by atoms with Gasteiger partial charge in [0.05, 0.1) is 5.56 Å². The Hall–Kier alpha value is -2.89. The number of carboxylic acid groups (broad SMARTS) is 1. The van der Waals surface area contributed by atoms with Crippen molar-refractivity contribution in [3.63, 3.8) is 0 Å². The predicted molar refractivity (Wildman–Crippen MR) is 85.8 cm³/mol. The van der Waals surface area contributed by atoms with Crippen molar-refractivity contribution >= 4 is 17.7 Å². The van der Waals surface area contributed by atoms with Crippen LogP contribution in [0.25, 0.3) is 0 Å². The molecule has 1 saturated heterocycles. The lowest BCUT2D eigenvalue weighted by molar-refractivity contribution is 0.0697. The molecule has 1 aromatic heterocycles. The number of carbonyl (C=O) groups is 2. The second kappa shape index (κ2) is 6.48. The van der Waals surface area contributed by atoms with Gasteiger partial charge in [0.15, 0.2) is 0 Å². The van der Waals surface area contributed by atoms with Gasteiger partial charge in [-0.3, -0.25) is 4.79 Å². The second-order valence-electron chi connectivity index (χ2n) is 5.35. The molecule has 1 aromatic carbocycles. The van der Waals surface area contributed by atoms with Crippen molar-refractivity contribution in [1.29, 1.82) is 0 Å². The van der Waals surface area contributed by atoms with E-state index in [1.165, 1.54) is 12.1 Å². The summed E-state index contributed by atoms with van der Waals surface area (Å²) in [6.07, 6.45) is 1.75. The molecule has 0 atom stereocenters. The van der Waals surface area contributed by atoms with Crippen LogP contribution in [0.5, 0.6) is 0 Å². The molecule has 0 spiro atoms. The van der Waals surface area contributed by atoms with Crippen LogP contribution < -0.4 is 4.90 Å². The van der Waals surface area contributed by atoms with Crippen LogP contribution in [0.3, 0.4) is 0 Å². The highest BCUT2D eigenvalue weighted by Crippen LogP contribution is 2.15. The van der Waals surface area contributed by atoms with E-state index in [0.717, 1.165) is 5.82 Å². The highest BCUT2D eigenvalue weighted by molar-refractivity contribution is 5.97. The second-order valence-corrected chi connectivity index (χ2v) is 5.35. The van der Waals surface area contributed by atoms with Gasteiger partial charge in [-0.1, -0.05) is 12.1 Å². The average Bonchev–Trinajstić information content (AvgIpc) is 2.62. The zero-order chi connectivity index (χ0) is 16.2. The first-order chi connectivity index (χ1) is 11.1. The van der Waals surface area contributed by atoms with Gasteiger partial charge in [-0.15, -0.1) is 0 Å². The number of piperazine rings is 1. The molecule has 0 bridgehead atoms. The van der Waals surface area contributed by atoms with E-state index in [9.17, 15) is 9.59 Å². The molecule has 6 heteroatoms. The molecule has 2 heterocycles. The Bertz CT molecular complexity index is 710. The minimum atomic E-state index is -1.03. The maximum atomic E-state index is 12.5. The molecule has 118 valence electrons. The molecular weight excluding hydrogens is 294 g/mol.